The Morgan fingerprint density at radius 2 is 0.935 bits per heavy atom. The molecule has 0 amide bonds. The van der Waals surface area contributed by atoms with Gasteiger partial charge >= 0.3 is 0 Å². The molecule has 5 heterocycles. The quantitative estimate of drug-likeness (QED) is 0.0854. The summed E-state index contributed by atoms with van der Waals surface area (Å²) >= 11 is 0. The van der Waals surface area contributed by atoms with Crippen molar-refractivity contribution in [1.82, 2.24) is 35.1 Å². The molecule has 0 aliphatic heterocycles. The van der Waals surface area contributed by atoms with Crippen LogP contribution in [0.25, 0.3) is 0 Å². The van der Waals surface area contributed by atoms with Crippen LogP contribution in [0.2, 0.25) is 0 Å². The number of nitrogens with zero attached hydrogens (tertiary/aromatic N) is 9. The zero-order valence-electron chi connectivity index (χ0n) is 26.8. The highest BCUT2D eigenvalue weighted by molar-refractivity contribution is 5.76. The molecule has 0 aliphatic rings. The number of aryl methyl sites for hydroxylation is 2. The minimum atomic E-state index is 0.407. The van der Waals surface area contributed by atoms with E-state index in [4.69, 9.17) is 11.0 Å². The van der Waals surface area contributed by atoms with Crippen LogP contribution in [0.5, 0.6) is 0 Å². The number of amidine groups is 1. The average molecular weight is 618 g/mol. The Kier molecular flexibility index (Phi) is 33.2. The highest BCUT2D eigenvalue weighted by Gasteiger charge is 1.76. The lowest BCUT2D eigenvalue weighted by atomic mass is 10.4. The van der Waals surface area contributed by atoms with E-state index in [-0.39, 0.29) is 0 Å². The van der Waals surface area contributed by atoms with Crippen molar-refractivity contribution >= 4 is 5.84 Å². The number of hydrogen-bond acceptors (Lipinski definition) is 10. The Bertz CT molecular complexity index is 1150. The zero-order valence-corrected chi connectivity index (χ0v) is 26.8. The van der Waals surface area contributed by atoms with Gasteiger partial charge in [0, 0.05) is 62.2 Å². The summed E-state index contributed by atoms with van der Waals surface area (Å²) in [4.78, 5) is 19.1. The van der Waals surface area contributed by atoms with Gasteiger partial charge in [0.1, 0.15) is 11.7 Å². The molecule has 46 heavy (non-hydrogen) atoms. The lowest BCUT2D eigenvalue weighted by Gasteiger charge is -1.82. The van der Waals surface area contributed by atoms with E-state index in [2.05, 4.69) is 46.1 Å². The van der Waals surface area contributed by atoms with Crippen molar-refractivity contribution in [3.05, 3.63) is 176 Å². The normalized spacial score (nSPS) is 8.28. The zero-order chi connectivity index (χ0) is 34.2. The summed E-state index contributed by atoms with van der Waals surface area (Å²) in [5.74, 6) is 5.75. The third-order valence-electron chi connectivity index (χ3n) is 3.98. The van der Waals surface area contributed by atoms with Crippen molar-refractivity contribution < 1.29 is 0 Å². The fraction of sp³-hybridized carbons (Fsp3) is 0.114. The third-order valence-corrected chi connectivity index (χ3v) is 3.98. The summed E-state index contributed by atoms with van der Waals surface area (Å²) in [5, 5.41) is 17.6. The van der Waals surface area contributed by atoms with Gasteiger partial charge in [-0.2, -0.15) is 15.5 Å². The largest absolute Gasteiger partial charge is 0.386 e. The molecule has 11 heteroatoms. The molecule has 0 fully saturated rings. The maximum atomic E-state index is 7.32. The number of hydrazone groups is 1. The highest BCUT2D eigenvalue weighted by atomic mass is 15.1. The topological polar surface area (TPSA) is 178 Å². The van der Waals surface area contributed by atoms with Crippen LogP contribution >= 0.6 is 0 Å². The molecule has 0 aliphatic carbocycles. The van der Waals surface area contributed by atoms with Crippen LogP contribution in [0.4, 0.5) is 0 Å². The van der Waals surface area contributed by atoms with Gasteiger partial charge in [0.25, 0.3) is 0 Å². The first-order valence-corrected chi connectivity index (χ1v) is 13.8. The van der Waals surface area contributed by atoms with E-state index in [1.54, 1.807) is 75.7 Å². The minimum absolute atomic E-state index is 0.407. The van der Waals surface area contributed by atoms with Crippen LogP contribution in [0.1, 0.15) is 25.4 Å². The summed E-state index contributed by atoms with van der Waals surface area (Å²) in [5.41, 5.74) is 5.99. The monoisotopic (exact) mass is 617 g/mol. The molecule has 238 valence electrons. The maximum absolute atomic E-state index is 7.32. The fourth-order valence-electron chi connectivity index (χ4n) is 2.08. The van der Waals surface area contributed by atoms with Crippen molar-refractivity contribution in [1.29, 1.82) is 5.26 Å². The summed E-state index contributed by atoms with van der Waals surface area (Å²) in [6, 6.07) is 36.8. The van der Waals surface area contributed by atoms with Gasteiger partial charge in [0.2, 0.25) is 0 Å². The SMILES string of the molecule is CC#N.CC(N)=NN.Cc1ccccn1.Cc1nccnn1.c1ccccc1.c1ccncc1.c1ccncc1.c1ccncc1. The van der Waals surface area contributed by atoms with Crippen molar-refractivity contribution in [2.45, 2.75) is 27.7 Å². The van der Waals surface area contributed by atoms with Gasteiger partial charge in [0.05, 0.1) is 12.3 Å². The van der Waals surface area contributed by atoms with Crippen LogP contribution in [-0.2, 0) is 0 Å². The van der Waals surface area contributed by atoms with Gasteiger partial charge in [-0.25, -0.2) is 4.98 Å². The van der Waals surface area contributed by atoms with Crippen molar-refractivity contribution in [3.8, 4) is 6.07 Å². The molecular weight excluding hydrogens is 574 g/mol. The van der Waals surface area contributed by atoms with Gasteiger partial charge < -0.3 is 11.6 Å². The molecule has 11 nitrogen and oxygen atoms in total. The predicted molar refractivity (Wildman–Crippen MR) is 185 cm³/mol. The first kappa shape index (κ1) is 41.7. The summed E-state index contributed by atoms with van der Waals surface area (Å²) in [6.07, 6.45) is 15.4. The fourth-order valence-corrected chi connectivity index (χ4v) is 2.08. The maximum Gasteiger partial charge on any atom is 0.147 e. The molecule has 0 spiro atoms. The van der Waals surface area contributed by atoms with Gasteiger partial charge in [-0.15, -0.1) is 5.10 Å². The molecule has 0 saturated heterocycles. The van der Waals surface area contributed by atoms with E-state index < -0.39 is 0 Å². The lowest BCUT2D eigenvalue weighted by molar-refractivity contribution is 0.907. The first-order valence-electron chi connectivity index (χ1n) is 13.8. The Labute approximate surface area is 272 Å². The van der Waals surface area contributed by atoms with Gasteiger partial charge in [0.15, 0.2) is 0 Å². The molecular formula is C35H43N11. The number of hydrogen-bond donors (Lipinski definition) is 2. The average Bonchev–Trinajstić information content (AvgIpc) is 3.14. The van der Waals surface area contributed by atoms with Gasteiger partial charge in [-0.1, -0.05) is 60.7 Å². The summed E-state index contributed by atoms with van der Waals surface area (Å²) in [6.45, 7) is 6.83. The minimum Gasteiger partial charge on any atom is -0.386 e. The van der Waals surface area contributed by atoms with Crippen LogP contribution in [0.15, 0.2) is 170 Å². The number of nitrogens with two attached hydrogens (primary N) is 2. The molecule has 1 aromatic carbocycles. The smallest absolute Gasteiger partial charge is 0.147 e. The number of pyridine rings is 4. The van der Waals surface area contributed by atoms with E-state index >= 15 is 0 Å². The molecule has 6 aromatic rings. The van der Waals surface area contributed by atoms with E-state index in [0.717, 1.165) is 5.69 Å². The number of aromatic nitrogens is 7. The number of benzene rings is 1. The van der Waals surface area contributed by atoms with Crippen molar-refractivity contribution in [2.24, 2.45) is 16.7 Å². The van der Waals surface area contributed by atoms with Crippen molar-refractivity contribution in [3.63, 3.8) is 0 Å². The Morgan fingerprint density at radius 3 is 1.07 bits per heavy atom. The third kappa shape index (κ3) is 39.7. The lowest BCUT2D eigenvalue weighted by Crippen LogP contribution is -2.07. The molecule has 6 rings (SSSR count). The van der Waals surface area contributed by atoms with Crippen LogP contribution in [0.3, 0.4) is 0 Å². The van der Waals surface area contributed by atoms with E-state index in [1.807, 2.05) is 116 Å². The Hall–Kier alpha value is -6.41. The molecule has 0 saturated carbocycles. The van der Waals surface area contributed by atoms with Crippen LogP contribution < -0.4 is 11.6 Å². The second-order valence-electron chi connectivity index (χ2n) is 7.88. The van der Waals surface area contributed by atoms with E-state index in [1.165, 1.54) is 6.92 Å². The predicted octanol–water partition coefficient (Wildman–Crippen LogP) is 6.27. The number of rotatable bonds is 0. The molecule has 0 atom stereocenters. The Morgan fingerprint density at radius 1 is 0.587 bits per heavy atom. The number of nitriles is 1. The van der Waals surface area contributed by atoms with Gasteiger partial charge in [-0.3, -0.25) is 19.9 Å². The molecule has 0 bridgehead atoms. The van der Waals surface area contributed by atoms with Crippen molar-refractivity contribution in [2.75, 3.05) is 0 Å². The second-order valence-corrected chi connectivity index (χ2v) is 7.88. The van der Waals surface area contributed by atoms with Gasteiger partial charge in [-0.05, 0) is 69.3 Å². The first-order chi connectivity index (χ1) is 22.5. The standard InChI is InChI=1S/C6H7N.C6H6.3C5H5N.C4H5N3.C2H7N3.C2H3N/c1-6-4-2-3-5-7-6;4*1-2-4-6-5-3-1;1-4-5-2-3-6-7-4;1-2(3)5-4;1-2-3/h2-5H,1H3;1-6H;3*1-5H;2-3H,1H3;4H2,1H3,(H2,3,5);1H3. The molecule has 0 radical (unpaired) electrons. The molecule has 4 N–H and O–H groups in total. The van der Waals surface area contributed by atoms with Crippen LogP contribution in [-0.4, -0.2) is 41.0 Å². The summed E-state index contributed by atoms with van der Waals surface area (Å²) < 4.78 is 0. The summed E-state index contributed by atoms with van der Waals surface area (Å²) in [7, 11) is 0. The van der Waals surface area contributed by atoms with E-state index in [9.17, 15) is 0 Å². The Balaban J connectivity index is 0. The molecule has 0 unspecified atom stereocenters. The second kappa shape index (κ2) is 36.6. The van der Waals surface area contributed by atoms with Crippen LogP contribution in [0, 0.1) is 25.2 Å². The molecule has 5 aromatic heterocycles. The van der Waals surface area contributed by atoms with E-state index in [0.29, 0.717) is 11.7 Å². The highest BCUT2D eigenvalue weighted by Crippen LogP contribution is 1.86.